The minimum absolute atomic E-state index is 0.208. The average molecular weight is 289 g/mol. The van der Waals surface area contributed by atoms with Crippen molar-refractivity contribution in [1.29, 1.82) is 0 Å². The third-order valence-electron chi connectivity index (χ3n) is 3.32. The number of aliphatic carboxylic acids is 1. The topological polar surface area (TPSA) is 83.7 Å². The van der Waals surface area contributed by atoms with E-state index in [1.54, 1.807) is 37.4 Å². The van der Waals surface area contributed by atoms with Gasteiger partial charge in [-0.25, -0.2) is 9.78 Å². The van der Waals surface area contributed by atoms with E-state index >= 15 is 0 Å². The van der Waals surface area contributed by atoms with E-state index in [9.17, 15) is 14.7 Å². The highest BCUT2D eigenvalue weighted by Gasteiger charge is 2.33. The summed E-state index contributed by atoms with van der Waals surface area (Å²) < 4.78 is 1.79. The summed E-state index contributed by atoms with van der Waals surface area (Å²) in [6, 6.07) is 4.58. The van der Waals surface area contributed by atoms with Crippen molar-refractivity contribution >= 4 is 17.5 Å². The van der Waals surface area contributed by atoms with Crippen LogP contribution >= 0.6 is 0 Å². The highest BCUT2D eigenvalue weighted by atomic mass is 16.4. The van der Waals surface area contributed by atoms with Crippen molar-refractivity contribution in [2.75, 3.05) is 0 Å². The summed E-state index contributed by atoms with van der Waals surface area (Å²) in [6.07, 6.45) is 1.61. The number of aromatic nitrogens is 2. The van der Waals surface area contributed by atoms with E-state index in [0.717, 1.165) is 5.69 Å². The summed E-state index contributed by atoms with van der Waals surface area (Å²) in [7, 11) is 0. The number of carboxylic acid groups (broad SMARTS) is 1. The molecule has 112 valence electrons. The van der Waals surface area contributed by atoms with Gasteiger partial charge in [-0.1, -0.05) is 26.8 Å². The number of carboxylic acids is 1. The van der Waals surface area contributed by atoms with Crippen LogP contribution < -0.4 is 5.32 Å². The summed E-state index contributed by atoms with van der Waals surface area (Å²) in [5.41, 5.74) is 1.23. The zero-order chi connectivity index (χ0) is 15.8. The maximum Gasteiger partial charge on any atom is 0.326 e. The van der Waals surface area contributed by atoms with Gasteiger partial charge < -0.3 is 14.8 Å². The quantitative estimate of drug-likeness (QED) is 0.903. The van der Waals surface area contributed by atoms with Crippen molar-refractivity contribution in [3.63, 3.8) is 0 Å². The minimum atomic E-state index is -1.06. The Hall–Kier alpha value is -2.37. The number of aryl methyl sites for hydroxylation is 1. The lowest BCUT2D eigenvalue weighted by atomic mass is 9.87. The van der Waals surface area contributed by atoms with E-state index in [-0.39, 0.29) is 5.69 Å². The molecule has 0 aliphatic rings. The van der Waals surface area contributed by atoms with Crippen molar-refractivity contribution in [3.05, 3.63) is 35.8 Å². The highest BCUT2D eigenvalue weighted by Crippen LogP contribution is 2.20. The minimum Gasteiger partial charge on any atom is -0.480 e. The van der Waals surface area contributed by atoms with Crippen molar-refractivity contribution < 1.29 is 14.7 Å². The zero-order valence-electron chi connectivity index (χ0n) is 12.5. The van der Waals surface area contributed by atoms with Gasteiger partial charge in [-0.2, -0.15) is 0 Å². The first kappa shape index (κ1) is 15.0. The molecule has 2 heterocycles. The molecule has 0 aliphatic carbocycles. The number of nitrogens with zero attached hydrogens (tertiary/aromatic N) is 2. The predicted molar refractivity (Wildman–Crippen MR) is 78.3 cm³/mol. The summed E-state index contributed by atoms with van der Waals surface area (Å²) in [6.45, 7) is 7.20. The molecule has 0 aromatic carbocycles. The number of rotatable bonds is 3. The van der Waals surface area contributed by atoms with Crippen LogP contribution in [0.2, 0.25) is 0 Å². The zero-order valence-corrected chi connectivity index (χ0v) is 12.5. The lowest BCUT2D eigenvalue weighted by Crippen LogP contribution is -2.49. The number of hydrogen-bond acceptors (Lipinski definition) is 3. The molecule has 2 N–H and O–H groups in total. The van der Waals surface area contributed by atoms with Gasteiger partial charge in [0.05, 0.1) is 0 Å². The Kier molecular flexibility index (Phi) is 3.72. The third kappa shape index (κ3) is 3.04. The van der Waals surface area contributed by atoms with Crippen LogP contribution in [0.25, 0.3) is 5.65 Å². The normalized spacial score (nSPS) is 13.1. The fourth-order valence-electron chi connectivity index (χ4n) is 2.11. The van der Waals surface area contributed by atoms with E-state index in [0.29, 0.717) is 5.65 Å². The van der Waals surface area contributed by atoms with Crippen molar-refractivity contribution in [3.8, 4) is 0 Å². The Bertz CT molecular complexity index is 698. The van der Waals surface area contributed by atoms with E-state index in [2.05, 4.69) is 10.3 Å². The standard InChI is InChI=1S/C15H19N3O3/c1-9-6-5-7-11-16-10(8-18(9)11)13(19)17-12(14(20)21)15(2,3)4/h5-8,12H,1-4H3,(H,17,19)(H,20,21). The first-order valence-electron chi connectivity index (χ1n) is 6.68. The number of carbonyl (C=O) groups is 2. The molecule has 6 heteroatoms. The number of pyridine rings is 1. The van der Waals surface area contributed by atoms with Crippen molar-refractivity contribution in [2.24, 2.45) is 5.41 Å². The summed E-state index contributed by atoms with van der Waals surface area (Å²) in [4.78, 5) is 27.8. The average Bonchev–Trinajstić information content (AvgIpc) is 2.79. The van der Waals surface area contributed by atoms with E-state index < -0.39 is 23.3 Å². The molecule has 2 aromatic rings. The maximum absolute atomic E-state index is 12.2. The largest absolute Gasteiger partial charge is 0.480 e. The first-order chi connectivity index (χ1) is 9.70. The van der Waals surface area contributed by atoms with E-state index in [1.807, 2.05) is 19.1 Å². The number of nitrogens with one attached hydrogen (secondary N) is 1. The van der Waals surface area contributed by atoms with Gasteiger partial charge in [0, 0.05) is 11.9 Å². The molecule has 0 aliphatic heterocycles. The lowest BCUT2D eigenvalue weighted by Gasteiger charge is -2.27. The second-order valence-electron chi connectivity index (χ2n) is 6.13. The third-order valence-corrected chi connectivity index (χ3v) is 3.32. The molecule has 0 saturated heterocycles. The molecular weight excluding hydrogens is 270 g/mol. The molecule has 1 amide bonds. The SMILES string of the molecule is Cc1cccc2nc(C(=O)NC(C(=O)O)C(C)(C)C)cn12. The Balaban J connectivity index is 2.30. The van der Waals surface area contributed by atoms with E-state index in [4.69, 9.17) is 0 Å². The van der Waals surface area contributed by atoms with Gasteiger partial charge in [-0.05, 0) is 24.5 Å². The number of hydrogen-bond donors (Lipinski definition) is 2. The summed E-state index contributed by atoms with van der Waals surface area (Å²) in [5.74, 6) is -1.55. The fourth-order valence-corrected chi connectivity index (χ4v) is 2.11. The molecule has 0 saturated carbocycles. The van der Waals surface area contributed by atoms with Crippen LogP contribution in [-0.4, -0.2) is 32.4 Å². The van der Waals surface area contributed by atoms with Gasteiger partial charge in [-0.3, -0.25) is 4.79 Å². The van der Waals surface area contributed by atoms with Crippen LogP contribution in [0.5, 0.6) is 0 Å². The lowest BCUT2D eigenvalue weighted by molar-refractivity contribution is -0.142. The van der Waals surface area contributed by atoms with Crippen LogP contribution in [0.1, 0.15) is 37.0 Å². The molecule has 6 nitrogen and oxygen atoms in total. The Labute approximate surface area is 122 Å². The second-order valence-corrected chi connectivity index (χ2v) is 6.13. The fraction of sp³-hybridized carbons (Fsp3) is 0.400. The molecule has 2 rings (SSSR count). The molecule has 0 bridgehead atoms. The molecule has 0 spiro atoms. The Morgan fingerprint density at radius 2 is 2.00 bits per heavy atom. The van der Waals surface area contributed by atoms with E-state index in [1.165, 1.54) is 0 Å². The van der Waals surface area contributed by atoms with Gasteiger partial charge in [0.15, 0.2) is 0 Å². The maximum atomic E-state index is 12.2. The van der Waals surface area contributed by atoms with Gasteiger partial charge in [-0.15, -0.1) is 0 Å². The molecular formula is C15H19N3O3. The smallest absolute Gasteiger partial charge is 0.326 e. The Morgan fingerprint density at radius 3 is 2.52 bits per heavy atom. The van der Waals surface area contributed by atoms with Crippen LogP contribution in [-0.2, 0) is 4.79 Å². The van der Waals surface area contributed by atoms with Crippen LogP contribution in [0.3, 0.4) is 0 Å². The molecule has 2 aromatic heterocycles. The summed E-state index contributed by atoms with van der Waals surface area (Å²) in [5, 5.41) is 11.8. The van der Waals surface area contributed by atoms with Crippen LogP contribution in [0.15, 0.2) is 24.4 Å². The van der Waals surface area contributed by atoms with Gasteiger partial charge in [0.25, 0.3) is 5.91 Å². The number of amides is 1. The monoisotopic (exact) mass is 289 g/mol. The molecule has 0 fully saturated rings. The number of carbonyl (C=O) groups excluding carboxylic acids is 1. The Morgan fingerprint density at radius 1 is 1.33 bits per heavy atom. The van der Waals surface area contributed by atoms with Gasteiger partial charge in [0.2, 0.25) is 0 Å². The second kappa shape index (κ2) is 5.20. The van der Waals surface area contributed by atoms with Gasteiger partial charge >= 0.3 is 5.97 Å². The molecule has 1 unspecified atom stereocenters. The summed E-state index contributed by atoms with van der Waals surface area (Å²) >= 11 is 0. The molecule has 0 radical (unpaired) electrons. The first-order valence-corrected chi connectivity index (χ1v) is 6.68. The van der Waals surface area contributed by atoms with Crippen molar-refractivity contribution in [1.82, 2.24) is 14.7 Å². The van der Waals surface area contributed by atoms with Crippen LogP contribution in [0, 0.1) is 12.3 Å². The van der Waals surface area contributed by atoms with Crippen LogP contribution in [0.4, 0.5) is 0 Å². The van der Waals surface area contributed by atoms with Gasteiger partial charge in [0.1, 0.15) is 17.4 Å². The molecule has 1 atom stereocenters. The molecule has 21 heavy (non-hydrogen) atoms. The van der Waals surface area contributed by atoms with Crippen molar-refractivity contribution in [2.45, 2.75) is 33.7 Å². The number of fused-ring (bicyclic) bond motifs is 1. The predicted octanol–water partition coefficient (Wildman–Crippen LogP) is 1.87. The number of imidazole rings is 1. The highest BCUT2D eigenvalue weighted by molar-refractivity contribution is 5.95.